The smallest absolute Gasteiger partial charge is 0.410 e. The third kappa shape index (κ3) is 4.10. The van der Waals surface area contributed by atoms with Gasteiger partial charge in [0, 0.05) is 12.1 Å². The van der Waals surface area contributed by atoms with Gasteiger partial charge in [-0.2, -0.15) is 0 Å². The third-order valence-electron chi connectivity index (χ3n) is 4.05. The summed E-state index contributed by atoms with van der Waals surface area (Å²) in [5.41, 5.74) is -1.52. The average Bonchev–Trinajstić information content (AvgIpc) is 2.19. The third-order valence-corrected chi connectivity index (χ3v) is 4.05. The van der Waals surface area contributed by atoms with Gasteiger partial charge in [-0.1, -0.05) is 6.92 Å². The molecule has 0 spiro atoms. The van der Waals surface area contributed by atoms with E-state index in [4.69, 9.17) is 4.74 Å². The molecule has 1 aliphatic rings. The fourth-order valence-corrected chi connectivity index (χ4v) is 2.62. The van der Waals surface area contributed by atoms with Crippen LogP contribution in [0.5, 0.6) is 0 Å². The van der Waals surface area contributed by atoms with Gasteiger partial charge in [0.2, 0.25) is 0 Å². The number of likely N-dealkylation sites (tertiary alicyclic amines) is 1. The Labute approximate surface area is 117 Å². The minimum absolute atomic E-state index is 0.148. The molecule has 4 nitrogen and oxygen atoms in total. The first kappa shape index (κ1) is 16.3. The first-order valence-electron chi connectivity index (χ1n) is 7.08. The van der Waals surface area contributed by atoms with E-state index in [1.807, 2.05) is 48.5 Å². The van der Waals surface area contributed by atoms with Crippen molar-refractivity contribution in [3.63, 3.8) is 0 Å². The Kier molecular flexibility index (Phi) is 4.26. The molecular formula is C15H29NO3. The van der Waals surface area contributed by atoms with Crippen LogP contribution in [0.1, 0.15) is 61.3 Å². The topological polar surface area (TPSA) is 49.8 Å². The summed E-state index contributed by atoms with van der Waals surface area (Å²) in [5.74, 6) is 0.148. The molecule has 19 heavy (non-hydrogen) atoms. The van der Waals surface area contributed by atoms with E-state index in [9.17, 15) is 9.90 Å². The minimum atomic E-state index is -0.728. The molecule has 0 saturated carbocycles. The number of hydrogen-bond acceptors (Lipinski definition) is 3. The highest BCUT2D eigenvalue weighted by atomic mass is 16.6. The zero-order chi connectivity index (χ0) is 15.1. The fraction of sp³-hybridized carbons (Fsp3) is 0.933. The van der Waals surface area contributed by atoms with Crippen molar-refractivity contribution in [2.75, 3.05) is 6.54 Å². The van der Waals surface area contributed by atoms with Crippen LogP contribution >= 0.6 is 0 Å². The van der Waals surface area contributed by atoms with Crippen molar-refractivity contribution in [2.24, 2.45) is 5.92 Å². The van der Waals surface area contributed by atoms with Crippen LogP contribution in [0.4, 0.5) is 4.79 Å². The Morgan fingerprint density at radius 3 is 2.32 bits per heavy atom. The van der Waals surface area contributed by atoms with Gasteiger partial charge < -0.3 is 14.7 Å². The molecule has 1 heterocycles. The highest BCUT2D eigenvalue weighted by Gasteiger charge is 2.43. The number of carbonyl (C=O) groups excluding carboxylic acids is 1. The maximum Gasteiger partial charge on any atom is 0.410 e. The van der Waals surface area contributed by atoms with Crippen LogP contribution in [-0.4, -0.2) is 39.4 Å². The van der Waals surface area contributed by atoms with Gasteiger partial charge in [-0.15, -0.1) is 0 Å². The van der Waals surface area contributed by atoms with E-state index in [1.54, 1.807) is 4.90 Å². The molecule has 1 rings (SSSR count). The normalized spacial score (nSPS) is 31.8. The summed E-state index contributed by atoms with van der Waals surface area (Å²) in [4.78, 5) is 14.1. The van der Waals surface area contributed by atoms with Gasteiger partial charge in [-0.25, -0.2) is 4.79 Å². The van der Waals surface area contributed by atoms with Crippen LogP contribution in [0, 0.1) is 5.92 Å². The zero-order valence-electron chi connectivity index (χ0n) is 13.4. The largest absolute Gasteiger partial charge is 0.444 e. The van der Waals surface area contributed by atoms with Crippen LogP contribution in [-0.2, 0) is 4.74 Å². The lowest BCUT2D eigenvalue weighted by Gasteiger charge is -2.38. The Morgan fingerprint density at radius 2 is 1.84 bits per heavy atom. The highest BCUT2D eigenvalue weighted by molar-refractivity contribution is 5.69. The standard InChI is InChI=1S/C15H29NO3/c1-11-10-14(5,6)16(9-8-15(11,7)18)12(17)19-13(2,3)4/h11,18H,8-10H2,1-7H3. The Bertz CT molecular complexity index is 342. The lowest BCUT2D eigenvalue weighted by atomic mass is 9.81. The van der Waals surface area contributed by atoms with Crippen molar-refractivity contribution in [3.8, 4) is 0 Å². The lowest BCUT2D eigenvalue weighted by molar-refractivity contribution is 0.0000283. The van der Waals surface area contributed by atoms with Gasteiger partial charge in [0.1, 0.15) is 5.60 Å². The molecular weight excluding hydrogens is 242 g/mol. The molecule has 1 saturated heterocycles. The first-order valence-corrected chi connectivity index (χ1v) is 7.08. The van der Waals surface area contributed by atoms with E-state index in [1.165, 1.54) is 0 Å². The number of rotatable bonds is 0. The zero-order valence-corrected chi connectivity index (χ0v) is 13.4. The minimum Gasteiger partial charge on any atom is -0.444 e. The van der Waals surface area contributed by atoms with Gasteiger partial charge in [0.05, 0.1) is 5.60 Å². The van der Waals surface area contributed by atoms with Crippen molar-refractivity contribution in [3.05, 3.63) is 0 Å². The van der Waals surface area contributed by atoms with Gasteiger partial charge in [0.15, 0.2) is 0 Å². The van der Waals surface area contributed by atoms with Crippen LogP contribution in [0.2, 0.25) is 0 Å². The van der Waals surface area contributed by atoms with Gasteiger partial charge in [0.25, 0.3) is 0 Å². The Hall–Kier alpha value is -0.770. The Morgan fingerprint density at radius 1 is 1.32 bits per heavy atom. The molecule has 112 valence electrons. The molecule has 1 amide bonds. The number of hydrogen-bond donors (Lipinski definition) is 1. The monoisotopic (exact) mass is 271 g/mol. The average molecular weight is 271 g/mol. The summed E-state index contributed by atoms with van der Waals surface area (Å²) < 4.78 is 5.48. The van der Waals surface area contributed by atoms with Gasteiger partial charge >= 0.3 is 6.09 Å². The Balaban J connectivity index is 2.91. The van der Waals surface area contributed by atoms with E-state index in [0.29, 0.717) is 13.0 Å². The number of ether oxygens (including phenoxy) is 1. The van der Waals surface area contributed by atoms with Crippen molar-refractivity contribution in [2.45, 2.75) is 78.0 Å². The van der Waals surface area contributed by atoms with E-state index >= 15 is 0 Å². The second-order valence-electron chi connectivity index (χ2n) is 7.66. The fourth-order valence-electron chi connectivity index (χ4n) is 2.62. The van der Waals surface area contributed by atoms with Crippen LogP contribution in [0.3, 0.4) is 0 Å². The summed E-state index contributed by atoms with van der Waals surface area (Å²) in [5, 5.41) is 10.4. The van der Waals surface area contributed by atoms with E-state index in [-0.39, 0.29) is 17.6 Å². The summed E-state index contributed by atoms with van der Waals surface area (Å²) in [6, 6.07) is 0. The number of carbonyl (C=O) groups is 1. The van der Waals surface area contributed by atoms with Crippen LogP contribution in [0.25, 0.3) is 0 Å². The second-order valence-corrected chi connectivity index (χ2v) is 7.66. The number of amides is 1. The highest BCUT2D eigenvalue weighted by Crippen LogP contribution is 2.36. The molecule has 0 aromatic rings. The first-order chi connectivity index (χ1) is 8.35. The van der Waals surface area contributed by atoms with E-state index < -0.39 is 11.2 Å². The molecule has 0 aromatic carbocycles. The molecule has 0 aliphatic carbocycles. The van der Waals surface area contributed by atoms with Crippen LogP contribution < -0.4 is 0 Å². The predicted molar refractivity (Wildman–Crippen MR) is 76.0 cm³/mol. The van der Waals surface area contributed by atoms with E-state index in [0.717, 1.165) is 6.42 Å². The maximum atomic E-state index is 12.3. The molecule has 0 radical (unpaired) electrons. The molecule has 1 aliphatic heterocycles. The number of aliphatic hydroxyl groups is 1. The SMILES string of the molecule is CC1CC(C)(C)N(C(=O)OC(C)(C)C)CCC1(C)O. The maximum absolute atomic E-state index is 12.3. The molecule has 2 atom stereocenters. The molecule has 2 unspecified atom stereocenters. The van der Waals surface area contributed by atoms with Gasteiger partial charge in [-0.05, 0) is 60.3 Å². The molecule has 0 aromatic heterocycles. The van der Waals surface area contributed by atoms with Gasteiger partial charge in [-0.3, -0.25) is 0 Å². The number of nitrogens with zero attached hydrogens (tertiary/aromatic N) is 1. The van der Waals surface area contributed by atoms with Crippen molar-refractivity contribution in [1.29, 1.82) is 0 Å². The second kappa shape index (κ2) is 4.97. The summed E-state index contributed by atoms with van der Waals surface area (Å²) in [6.45, 7) is 14.1. The quantitative estimate of drug-likeness (QED) is 0.736. The molecule has 1 N–H and O–H groups in total. The molecule has 4 heteroatoms. The van der Waals surface area contributed by atoms with Crippen molar-refractivity contribution >= 4 is 6.09 Å². The summed E-state index contributed by atoms with van der Waals surface area (Å²) in [6.07, 6.45) is 1.05. The van der Waals surface area contributed by atoms with E-state index in [2.05, 4.69) is 0 Å². The predicted octanol–water partition coefficient (Wildman–Crippen LogP) is 3.18. The van der Waals surface area contributed by atoms with Crippen molar-refractivity contribution in [1.82, 2.24) is 4.90 Å². The van der Waals surface area contributed by atoms with Crippen LogP contribution in [0.15, 0.2) is 0 Å². The summed E-state index contributed by atoms with van der Waals surface area (Å²) >= 11 is 0. The summed E-state index contributed by atoms with van der Waals surface area (Å²) in [7, 11) is 0. The molecule has 0 bridgehead atoms. The molecule has 1 fully saturated rings. The lowest BCUT2D eigenvalue weighted by Crippen LogP contribution is -2.49. The van der Waals surface area contributed by atoms with Crippen molar-refractivity contribution < 1.29 is 14.6 Å².